The molecule has 1 aliphatic carbocycles. The molecule has 0 N–H and O–H groups in total. The van der Waals surface area contributed by atoms with Gasteiger partial charge in [0.15, 0.2) is 0 Å². The van der Waals surface area contributed by atoms with E-state index in [4.69, 9.17) is 4.42 Å². The number of rotatable bonds is 3. The number of benzene rings is 7. The van der Waals surface area contributed by atoms with E-state index in [0.29, 0.717) is 0 Å². The molecule has 210 valence electrons. The van der Waals surface area contributed by atoms with E-state index in [2.05, 4.69) is 144 Å². The Kier molecular flexibility index (Phi) is 5.09. The van der Waals surface area contributed by atoms with E-state index in [-0.39, 0.29) is 0 Å². The van der Waals surface area contributed by atoms with Crippen LogP contribution >= 0.6 is 0 Å². The second-order valence-corrected chi connectivity index (χ2v) is 12.1. The molecule has 0 atom stereocenters. The van der Waals surface area contributed by atoms with Crippen molar-refractivity contribution in [2.75, 3.05) is 0 Å². The first kappa shape index (κ1) is 24.6. The van der Waals surface area contributed by atoms with Crippen LogP contribution in [0, 0.1) is 0 Å². The van der Waals surface area contributed by atoms with E-state index in [1.807, 2.05) is 12.1 Å². The summed E-state index contributed by atoms with van der Waals surface area (Å²) in [6.45, 7) is 0. The maximum absolute atomic E-state index is 6.14. The van der Waals surface area contributed by atoms with Crippen molar-refractivity contribution in [1.29, 1.82) is 0 Å². The van der Waals surface area contributed by atoms with Gasteiger partial charge >= 0.3 is 0 Å². The summed E-state index contributed by atoms with van der Waals surface area (Å²) >= 11 is 0. The number of fused-ring (bicyclic) bond motifs is 9. The molecule has 2 aromatic heterocycles. The minimum Gasteiger partial charge on any atom is -0.456 e. The van der Waals surface area contributed by atoms with E-state index >= 15 is 0 Å². The van der Waals surface area contributed by atoms with Gasteiger partial charge in [-0.25, -0.2) is 0 Å². The number of hydrogen-bond acceptors (Lipinski definition) is 1. The highest BCUT2D eigenvalue weighted by Gasteiger charge is 2.22. The summed E-state index contributed by atoms with van der Waals surface area (Å²) < 4.78 is 8.52. The molecule has 0 saturated carbocycles. The predicted molar refractivity (Wildman–Crippen MR) is 187 cm³/mol. The van der Waals surface area contributed by atoms with Crippen LogP contribution in [0.2, 0.25) is 0 Å². The van der Waals surface area contributed by atoms with Crippen molar-refractivity contribution in [2.45, 2.75) is 6.42 Å². The number of nitrogens with zero attached hydrogens (tertiary/aromatic N) is 1. The highest BCUT2D eigenvalue weighted by atomic mass is 16.3. The van der Waals surface area contributed by atoms with Gasteiger partial charge in [-0.2, -0.15) is 0 Å². The second kappa shape index (κ2) is 9.32. The molecule has 2 heteroatoms. The minimum atomic E-state index is 0.912. The molecule has 0 spiro atoms. The van der Waals surface area contributed by atoms with Gasteiger partial charge in [0.25, 0.3) is 0 Å². The Morgan fingerprint density at radius 1 is 0.422 bits per heavy atom. The van der Waals surface area contributed by atoms with E-state index < -0.39 is 0 Å². The molecule has 0 aliphatic heterocycles. The Morgan fingerprint density at radius 2 is 1.13 bits per heavy atom. The van der Waals surface area contributed by atoms with Gasteiger partial charge in [0.2, 0.25) is 0 Å². The Balaban J connectivity index is 1.13. The first-order chi connectivity index (χ1) is 22.3. The summed E-state index contributed by atoms with van der Waals surface area (Å²) in [5.74, 6) is 0. The minimum absolute atomic E-state index is 0.912. The third kappa shape index (κ3) is 3.63. The number of aromatic nitrogens is 1. The van der Waals surface area contributed by atoms with Crippen LogP contribution in [0.5, 0.6) is 0 Å². The third-order valence-electron chi connectivity index (χ3n) is 9.62. The topological polar surface area (TPSA) is 18.1 Å². The summed E-state index contributed by atoms with van der Waals surface area (Å²) in [5, 5.41) is 4.78. The van der Waals surface area contributed by atoms with Gasteiger partial charge < -0.3 is 8.98 Å². The van der Waals surface area contributed by atoms with Crippen molar-refractivity contribution in [3.63, 3.8) is 0 Å². The first-order valence-electron chi connectivity index (χ1n) is 15.6. The standard InChI is InChI=1S/C43H27NO/c1-2-13-33-29(9-1)24-31-12-8-16-34(43(31)33)30-11-7-10-27(23-30)28-19-21-40-37(25-28)35-14-3-5-17-39(35)44(40)32-20-22-42-38(26-32)36-15-4-6-18-41(36)45-42/h1-23,25-26H,24H2. The van der Waals surface area contributed by atoms with Crippen molar-refractivity contribution >= 4 is 43.7 Å². The summed E-state index contributed by atoms with van der Waals surface area (Å²) in [6, 6.07) is 55.1. The van der Waals surface area contributed by atoms with Gasteiger partial charge in [0, 0.05) is 27.2 Å². The van der Waals surface area contributed by atoms with Gasteiger partial charge in [0.1, 0.15) is 11.2 Å². The van der Waals surface area contributed by atoms with Crippen LogP contribution in [-0.2, 0) is 6.42 Å². The molecule has 2 heterocycles. The van der Waals surface area contributed by atoms with Crippen LogP contribution in [-0.4, -0.2) is 4.57 Å². The number of furan rings is 1. The highest BCUT2D eigenvalue weighted by molar-refractivity contribution is 6.11. The maximum atomic E-state index is 6.14. The fraction of sp³-hybridized carbons (Fsp3) is 0.0233. The number of para-hydroxylation sites is 2. The van der Waals surface area contributed by atoms with E-state index in [9.17, 15) is 0 Å². The van der Waals surface area contributed by atoms with Crippen molar-refractivity contribution < 1.29 is 4.42 Å². The molecule has 0 unspecified atom stereocenters. The molecule has 10 rings (SSSR count). The summed E-state index contributed by atoms with van der Waals surface area (Å²) in [6.07, 6.45) is 1.00. The SMILES string of the molecule is c1cc(-c2ccc3c(c2)c2ccccc2n3-c2ccc3oc4ccccc4c3c2)cc(-c2cccc3c2-c2ccccc2C3)c1. The molecule has 1 aliphatic rings. The van der Waals surface area contributed by atoms with Crippen LogP contribution in [0.4, 0.5) is 0 Å². The molecule has 9 aromatic rings. The van der Waals surface area contributed by atoms with Crippen molar-refractivity contribution in [3.8, 4) is 39.1 Å². The van der Waals surface area contributed by atoms with E-state index in [0.717, 1.165) is 34.0 Å². The Labute approximate surface area is 260 Å². The zero-order chi connectivity index (χ0) is 29.5. The van der Waals surface area contributed by atoms with Crippen molar-refractivity contribution in [3.05, 3.63) is 163 Å². The van der Waals surface area contributed by atoms with Gasteiger partial charge in [0.05, 0.1) is 11.0 Å². The fourth-order valence-electron chi connectivity index (χ4n) is 7.58. The maximum Gasteiger partial charge on any atom is 0.135 e. The molecular weight excluding hydrogens is 546 g/mol. The lowest BCUT2D eigenvalue weighted by Gasteiger charge is -2.12. The van der Waals surface area contributed by atoms with E-state index in [1.165, 1.54) is 66.3 Å². The van der Waals surface area contributed by atoms with Crippen LogP contribution in [0.3, 0.4) is 0 Å². The van der Waals surface area contributed by atoms with Gasteiger partial charge in [-0.15, -0.1) is 0 Å². The summed E-state index contributed by atoms with van der Waals surface area (Å²) in [4.78, 5) is 0. The normalized spacial score (nSPS) is 12.4. The Bertz CT molecular complexity index is 2630. The zero-order valence-electron chi connectivity index (χ0n) is 24.5. The molecule has 2 nitrogen and oxygen atoms in total. The molecule has 0 radical (unpaired) electrons. The molecule has 7 aromatic carbocycles. The average Bonchev–Trinajstić information content (AvgIpc) is 3.77. The monoisotopic (exact) mass is 573 g/mol. The molecule has 0 fully saturated rings. The van der Waals surface area contributed by atoms with Crippen molar-refractivity contribution in [1.82, 2.24) is 4.57 Å². The Morgan fingerprint density at radius 3 is 2.11 bits per heavy atom. The first-order valence-corrected chi connectivity index (χ1v) is 15.6. The molecule has 45 heavy (non-hydrogen) atoms. The molecular formula is C43H27NO. The van der Waals surface area contributed by atoms with Crippen LogP contribution in [0.25, 0.3) is 82.8 Å². The van der Waals surface area contributed by atoms with Gasteiger partial charge in [-0.1, -0.05) is 103 Å². The largest absolute Gasteiger partial charge is 0.456 e. The lowest BCUT2D eigenvalue weighted by molar-refractivity contribution is 0.669. The fourth-order valence-corrected chi connectivity index (χ4v) is 7.58. The second-order valence-electron chi connectivity index (χ2n) is 12.1. The predicted octanol–water partition coefficient (Wildman–Crippen LogP) is 11.6. The smallest absolute Gasteiger partial charge is 0.135 e. The molecule has 0 bridgehead atoms. The average molecular weight is 574 g/mol. The highest BCUT2D eigenvalue weighted by Crippen LogP contribution is 2.44. The van der Waals surface area contributed by atoms with E-state index in [1.54, 1.807) is 0 Å². The van der Waals surface area contributed by atoms with Gasteiger partial charge in [-0.3, -0.25) is 0 Å². The quantitative estimate of drug-likeness (QED) is 0.206. The summed E-state index contributed by atoms with van der Waals surface area (Å²) in [7, 11) is 0. The number of hydrogen-bond donors (Lipinski definition) is 0. The van der Waals surface area contributed by atoms with Crippen molar-refractivity contribution in [2.24, 2.45) is 0 Å². The third-order valence-corrected chi connectivity index (χ3v) is 9.62. The van der Waals surface area contributed by atoms with Crippen LogP contribution in [0.15, 0.2) is 156 Å². The molecule has 0 saturated heterocycles. The van der Waals surface area contributed by atoms with Crippen LogP contribution < -0.4 is 0 Å². The van der Waals surface area contributed by atoms with Gasteiger partial charge in [-0.05, 0) is 99.5 Å². The summed E-state index contributed by atoms with van der Waals surface area (Å²) in [5.41, 5.74) is 15.9. The Hall–Kier alpha value is -5.86. The lowest BCUT2D eigenvalue weighted by atomic mass is 9.92. The lowest BCUT2D eigenvalue weighted by Crippen LogP contribution is -1.93. The van der Waals surface area contributed by atoms with Crippen LogP contribution in [0.1, 0.15) is 11.1 Å². The molecule has 0 amide bonds. The zero-order valence-corrected chi connectivity index (χ0v) is 24.5.